The maximum absolute atomic E-state index is 10.5. The Balaban J connectivity index is 1.47. The molecule has 2 aromatic heterocycles. The molecule has 1 atom stereocenters. The number of imidazole rings is 1. The summed E-state index contributed by atoms with van der Waals surface area (Å²) in [6.45, 7) is 4.02. The quantitative estimate of drug-likeness (QED) is 0.894. The smallest absolute Gasteiger partial charge is 0.137 e. The first-order valence-electron chi connectivity index (χ1n) is 7.59. The molecule has 1 unspecified atom stereocenters. The van der Waals surface area contributed by atoms with Crippen molar-refractivity contribution in [2.45, 2.75) is 25.5 Å². The van der Waals surface area contributed by atoms with E-state index in [1.807, 2.05) is 41.0 Å². The lowest BCUT2D eigenvalue weighted by atomic mass is 9.91. The summed E-state index contributed by atoms with van der Waals surface area (Å²) in [7, 11) is 1.94. The first kappa shape index (κ1) is 14.3. The summed E-state index contributed by atoms with van der Waals surface area (Å²) in [5.74, 6) is 1.09. The normalized spacial score (nSPS) is 19.0. The van der Waals surface area contributed by atoms with Gasteiger partial charge >= 0.3 is 0 Å². The van der Waals surface area contributed by atoms with E-state index in [2.05, 4.69) is 15.0 Å². The zero-order valence-corrected chi connectivity index (χ0v) is 12.5. The summed E-state index contributed by atoms with van der Waals surface area (Å²) in [6.07, 6.45) is 9.04. The highest BCUT2D eigenvalue weighted by Gasteiger charge is 2.28. The highest BCUT2D eigenvalue weighted by molar-refractivity contribution is 4.98. The molecule has 1 saturated heterocycles. The number of likely N-dealkylation sites (tertiary alicyclic amines) is 1. The number of aliphatic hydroxyl groups excluding tert-OH is 1. The maximum Gasteiger partial charge on any atom is 0.137 e. The number of piperidine rings is 1. The van der Waals surface area contributed by atoms with E-state index in [9.17, 15) is 5.11 Å². The topological polar surface area (TPSA) is 59.1 Å². The molecule has 114 valence electrons. The molecule has 6 nitrogen and oxygen atoms in total. The summed E-state index contributed by atoms with van der Waals surface area (Å²) in [5, 5.41) is 14.7. The zero-order valence-electron chi connectivity index (χ0n) is 12.5. The third-order valence-corrected chi connectivity index (χ3v) is 4.41. The Hall–Kier alpha value is -1.66. The van der Waals surface area contributed by atoms with Crippen molar-refractivity contribution in [1.82, 2.24) is 24.2 Å². The van der Waals surface area contributed by atoms with Crippen molar-refractivity contribution in [1.29, 1.82) is 0 Å². The van der Waals surface area contributed by atoms with E-state index in [-0.39, 0.29) is 0 Å². The zero-order chi connectivity index (χ0) is 14.7. The molecule has 2 aromatic rings. The Labute approximate surface area is 125 Å². The Morgan fingerprint density at radius 1 is 1.24 bits per heavy atom. The van der Waals surface area contributed by atoms with Crippen LogP contribution in [-0.4, -0.2) is 49.0 Å². The van der Waals surface area contributed by atoms with Gasteiger partial charge in [-0.25, -0.2) is 4.98 Å². The number of aliphatic hydroxyl groups is 1. The van der Waals surface area contributed by atoms with Gasteiger partial charge in [0.2, 0.25) is 0 Å². The van der Waals surface area contributed by atoms with Gasteiger partial charge in [0, 0.05) is 38.4 Å². The number of aryl methyl sites for hydroxylation is 1. The van der Waals surface area contributed by atoms with Gasteiger partial charge in [-0.3, -0.25) is 4.68 Å². The number of aromatic nitrogens is 4. The molecule has 0 aliphatic carbocycles. The van der Waals surface area contributed by atoms with E-state index >= 15 is 0 Å². The van der Waals surface area contributed by atoms with Gasteiger partial charge in [-0.2, -0.15) is 5.10 Å². The van der Waals surface area contributed by atoms with Crippen LogP contribution in [-0.2, 0) is 13.6 Å². The molecule has 6 heteroatoms. The molecule has 0 bridgehead atoms. The van der Waals surface area contributed by atoms with Crippen molar-refractivity contribution < 1.29 is 5.11 Å². The molecular formula is C15H23N5O. The number of nitrogens with zero attached hydrogens (tertiary/aromatic N) is 5. The first-order chi connectivity index (χ1) is 10.2. The molecule has 1 fully saturated rings. The Bertz CT molecular complexity index is 542. The van der Waals surface area contributed by atoms with E-state index in [0.717, 1.165) is 44.8 Å². The first-order valence-corrected chi connectivity index (χ1v) is 7.59. The van der Waals surface area contributed by atoms with Crippen LogP contribution in [0.3, 0.4) is 0 Å². The van der Waals surface area contributed by atoms with Crippen LogP contribution < -0.4 is 0 Å². The Morgan fingerprint density at radius 2 is 2.05 bits per heavy atom. The summed E-state index contributed by atoms with van der Waals surface area (Å²) < 4.78 is 3.88. The summed E-state index contributed by atoms with van der Waals surface area (Å²) in [5.41, 5.74) is 0. The lowest BCUT2D eigenvalue weighted by Gasteiger charge is -2.33. The fourth-order valence-corrected chi connectivity index (χ4v) is 3.04. The van der Waals surface area contributed by atoms with E-state index in [4.69, 9.17) is 0 Å². The fourth-order valence-electron chi connectivity index (χ4n) is 3.04. The summed E-state index contributed by atoms with van der Waals surface area (Å²) >= 11 is 0. The summed E-state index contributed by atoms with van der Waals surface area (Å²) in [4.78, 5) is 6.72. The molecule has 0 amide bonds. The van der Waals surface area contributed by atoms with Gasteiger partial charge in [-0.05, 0) is 37.9 Å². The van der Waals surface area contributed by atoms with Gasteiger partial charge in [0.15, 0.2) is 0 Å². The number of hydrogen-bond donors (Lipinski definition) is 1. The van der Waals surface area contributed by atoms with Crippen molar-refractivity contribution in [3.05, 3.63) is 36.7 Å². The van der Waals surface area contributed by atoms with Crippen LogP contribution in [0, 0.1) is 5.92 Å². The van der Waals surface area contributed by atoms with Crippen LogP contribution in [0.25, 0.3) is 0 Å². The molecule has 3 heterocycles. The average Bonchev–Trinajstić information content (AvgIpc) is 3.16. The van der Waals surface area contributed by atoms with Gasteiger partial charge in [-0.15, -0.1) is 0 Å². The molecule has 1 N–H and O–H groups in total. The lowest BCUT2D eigenvalue weighted by Crippen LogP contribution is -2.37. The van der Waals surface area contributed by atoms with E-state index < -0.39 is 6.10 Å². The molecular weight excluding hydrogens is 266 g/mol. The fraction of sp³-hybridized carbons (Fsp3) is 0.600. The summed E-state index contributed by atoms with van der Waals surface area (Å²) in [6, 6.07) is 1.95. The molecule has 0 aromatic carbocycles. The monoisotopic (exact) mass is 289 g/mol. The Kier molecular flexibility index (Phi) is 4.36. The van der Waals surface area contributed by atoms with Crippen molar-refractivity contribution in [3.8, 4) is 0 Å². The van der Waals surface area contributed by atoms with E-state index in [1.54, 1.807) is 6.20 Å². The van der Waals surface area contributed by atoms with Crippen molar-refractivity contribution in [3.63, 3.8) is 0 Å². The minimum atomic E-state index is -0.446. The van der Waals surface area contributed by atoms with Gasteiger partial charge in [0.25, 0.3) is 0 Å². The van der Waals surface area contributed by atoms with Crippen LogP contribution in [0.4, 0.5) is 0 Å². The molecule has 0 spiro atoms. The van der Waals surface area contributed by atoms with Gasteiger partial charge in [0.05, 0.1) is 6.54 Å². The van der Waals surface area contributed by atoms with Gasteiger partial charge < -0.3 is 14.6 Å². The van der Waals surface area contributed by atoms with E-state index in [1.165, 1.54) is 0 Å². The minimum absolute atomic E-state index is 0.312. The molecule has 0 radical (unpaired) electrons. The SMILES string of the molecule is Cn1ccnc1C(O)C1CCN(CCn2cccn2)CC1. The van der Waals surface area contributed by atoms with Crippen molar-refractivity contribution in [2.75, 3.05) is 19.6 Å². The highest BCUT2D eigenvalue weighted by atomic mass is 16.3. The largest absolute Gasteiger partial charge is 0.385 e. The number of hydrogen-bond acceptors (Lipinski definition) is 4. The van der Waals surface area contributed by atoms with Crippen LogP contribution in [0.1, 0.15) is 24.8 Å². The number of rotatable bonds is 5. The second kappa shape index (κ2) is 6.41. The van der Waals surface area contributed by atoms with Crippen molar-refractivity contribution >= 4 is 0 Å². The third kappa shape index (κ3) is 3.33. The minimum Gasteiger partial charge on any atom is -0.385 e. The van der Waals surface area contributed by atoms with Crippen LogP contribution >= 0.6 is 0 Å². The standard InChI is InChI=1S/C15H23N5O/c1-18-10-6-16-15(18)14(21)13-3-8-19(9-4-13)11-12-20-7-2-5-17-20/h2,5-7,10,13-14,21H,3-4,8-9,11-12H2,1H3. The Morgan fingerprint density at radius 3 is 2.67 bits per heavy atom. The van der Waals surface area contributed by atoms with Gasteiger partial charge in [0.1, 0.15) is 11.9 Å². The predicted octanol–water partition coefficient (Wildman–Crippen LogP) is 1.06. The predicted molar refractivity (Wildman–Crippen MR) is 79.6 cm³/mol. The second-order valence-electron chi connectivity index (χ2n) is 5.79. The van der Waals surface area contributed by atoms with Crippen LogP contribution in [0.2, 0.25) is 0 Å². The third-order valence-electron chi connectivity index (χ3n) is 4.41. The maximum atomic E-state index is 10.5. The molecule has 1 aliphatic rings. The molecule has 0 saturated carbocycles. The molecule has 1 aliphatic heterocycles. The lowest BCUT2D eigenvalue weighted by molar-refractivity contribution is 0.0501. The van der Waals surface area contributed by atoms with Crippen molar-refractivity contribution in [2.24, 2.45) is 13.0 Å². The average molecular weight is 289 g/mol. The van der Waals surface area contributed by atoms with Crippen LogP contribution in [0.15, 0.2) is 30.9 Å². The molecule has 3 rings (SSSR count). The van der Waals surface area contributed by atoms with Gasteiger partial charge in [-0.1, -0.05) is 0 Å². The molecule has 21 heavy (non-hydrogen) atoms. The van der Waals surface area contributed by atoms with E-state index in [0.29, 0.717) is 5.92 Å². The van der Waals surface area contributed by atoms with Crippen LogP contribution in [0.5, 0.6) is 0 Å². The highest BCUT2D eigenvalue weighted by Crippen LogP contribution is 2.29. The second-order valence-corrected chi connectivity index (χ2v) is 5.79.